The molecule has 8 nitrogen and oxygen atoms in total. The van der Waals surface area contributed by atoms with Gasteiger partial charge in [-0.15, -0.1) is 0 Å². The molecule has 1 atom stereocenters. The van der Waals surface area contributed by atoms with Crippen molar-refractivity contribution in [1.29, 1.82) is 0 Å². The molecule has 27 heavy (non-hydrogen) atoms. The van der Waals surface area contributed by atoms with Gasteiger partial charge in [-0.1, -0.05) is 19.3 Å². The Bertz CT molecular complexity index is 709. The summed E-state index contributed by atoms with van der Waals surface area (Å²) in [5.74, 6) is 0.928. The van der Waals surface area contributed by atoms with Crippen molar-refractivity contribution in [2.75, 3.05) is 31.1 Å². The van der Waals surface area contributed by atoms with Crippen LogP contribution in [-0.2, 0) is 4.74 Å². The minimum absolute atomic E-state index is 0.351. The number of imidazole rings is 1. The number of hydrogen-bond donors (Lipinski definition) is 3. The Morgan fingerprint density at radius 3 is 2.78 bits per heavy atom. The second kappa shape index (κ2) is 8.95. The Morgan fingerprint density at radius 2 is 1.96 bits per heavy atom. The third-order valence-corrected chi connectivity index (χ3v) is 5.72. The molecule has 4 rings (SSSR count). The molecular formula is C19H30N6O2. The Labute approximate surface area is 159 Å². The van der Waals surface area contributed by atoms with Crippen LogP contribution >= 0.6 is 0 Å². The summed E-state index contributed by atoms with van der Waals surface area (Å²) in [5.41, 5.74) is 1.61. The fraction of sp³-hybridized carbons (Fsp3) is 0.737. The van der Waals surface area contributed by atoms with Gasteiger partial charge >= 0.3 is 0 Å². The lowest BCUT2D eigenvalue weighted by molar-refractivity contribution is -0.0237. The molecular weight excluding hydrogens is 344 g/mol. The molecule has 0 bridgehead atoms. The van der Waals surface area contributed by atoms with Gasteiger partial charge in [-0.25, -0.2) is 15.0 Å². The topological polar surface area (TPSA) is 99.2 Å². The Balaban J connectivity index is 1.19. The first kappa shape index (κ1) is 18.6. The van der Waals surface area contributed by atoms with E-state index in [0.717, 1.165) is 50.1 Å². The first-order valence-electron chi connectivity index (χ1n) is 10.2. The van der Waals surface area contributed by atoms with Crippen molar-refractivity contribution in [2.24, 2.45) is 0 Å². The average molecular weight is 374 g/mol. The van der Waals surface area contributed by atoms with E-state index in [9.17, 15) is 5.11 Å². The van der Waals surface area contributed by atoms with Crippen LogP contribution in [-0.4, -0.2) is 69.5 Å². The predicted octanol–water partition coefficient (Wildman–Crippen LogP) is 1.62. The largest absolute Gasteiger partial charge is 0.389 e. The van der Waals surface area contributed by atoms with Crippen LogP contribution in [0, 0.1) is 0 Å². The number of nitrogens with one attached hydrogen (secondary N) is 2. The zero-order valence-electron chi connectivity index (χ0n) is 15.8. The lowest BCUT2D eigenvalue weighted by atomic mass is 9.98. The Hall–Kier alpha value is -1.77. The van der Waals surface area contributed by atoms with Crippen LogP contribution in [0.1, 0.15) is 44.9 Å². The summed E-state index contributed by atoms with van der Waals surface area (Å²) in [4.78, 5) is 18.2. The van der Waals surface area contributed by atoms with Crippen LogP contribution < -0.4 is 10.2 Å². The molecule has 0 radical (unpaired) electrons. The normalized spacial score (nSPS) is 21.0. The third-order valence-electron chi connectivity index (χ3n) is 5.72. The van der Waals surface area contributed by atoms with Crippen LogP contribution in [0.25, 0.3) is 11.2 Å². The molecule has 1 saturated carbocycles. The number of anilines is 1. The van der Waals surface area contributed by atoms with E-state index in [0.29, 0.717) is 30.9 Å². The van der Waals surface area contributed by atoms with Crippen molar-refractivity contribution in [2.45, 2.75) is 63.2 Å². The first-order chi connectivity index (χ1) is 13.3. The first-order valence-corrected chi connectivity index (χ1v) is 10.2. The summed E-state index contributed by atoms with van der Waals surface area (Å²) in [5, 5.41) is 13.7. The molecule has 1 saturated heterocycles. The average Bonchev–Trinajstić information content (AvgIpc) is 3.21. The number of fused-ring (bicyclic) bond motifs is 1. The lowest BCUT2D eigenvalue weighted by Crippen LogP contribution is -2.45. The Kier molecular flexibility index (Phi) is 6.16. The smallest absolute Gasteiger partial charge is 0.182 e. The van der Waals surface area contributed by atoms with E-state index >= 15 is 0 Å². The van der Waals surface area contributed by atoms with Crippen LogP contribution in [0.2, 0.25) is 0 Å². The maximum absolute atomic E-state index is 10.2. The molecule has 0 spiro atoms. The molecule has 1 aliphatic heterocycles. The third kappa shape index (κ3) is 4.75. The maximum atomic E-state index is 10.2. The highest BCUT2D eigenvalue weighted by Crippen LogP contribution is 2.23. The molecule has 2 aromatic heterocycles. The summed E-state index contributed by atoms with van der Waals surface area (Å²) < 4.78 is 5.87. The van der Waals surface area contributed by atoms with Gasteiger partial charge in [0.25, 0.3) is 0 Å². The number of piperidine rings is 1. The highest BCUT2D eigenvalue weighted by molar-refractivity contribution is 5.82. The number of rotatable bonds is 7. The van der Waals surface area contributed by atoms with Crippen LogP contribution in [0.15, 0.2) is 12.7 Å². The summed E-state index contributed by atoms with van der Waals surface area (Å²) in [6.07, 6.45) is 11.3. The predicted molar refractivity (Wildman–Crippen MR) is 104 cm³/mol. The second-order valence-corrected chi connectivity index (χ2v) is 7.72. The fourth-order valence-electron chi connectivity index (χ4n) is 4.13. The molecule has 3 N–H and O–H groups in total. The van der Waals surface area contributed by atoms with E-state index in [1.807, 2.05) is 0 Å². The van der Waals surface area contributed by atoms with Gasteiger partial charge in [0, 0.05) is 25.7 Å². The molecule has 0 amide bonds. The number of aliphatic hydroxyl groups excluding tert-OH is 1. The van der Waals surface area contributed by atoms with Crippen LogP contribution in [0.5, 0.6) is 0 Å². The standard InChI is InChI=1S/C19H30N6O2/c26-15(11-27-16-4-2-1-3-5-16)10-20-14-6-8-25(9-7-14)19-17-18(22-12-21-17)23-13-24-19/h12-16,20,26H,1-11H2,(H,21,22,23,24)/t15-/m0/s1. The molecule has 2 fully saturated rings. The number of aliphatic hydroxyl groups is 1. The zero-order valence-corrected chi connectivity index (χ0v) is 15.8. The molecule has 3 heterocycles. The van der Waals surface area contributed by atoms with Gasteiger partial charge in [-0.2, -0.15) is 0 Å². The van der Waals surface area contributed by atoms with Gasteiger partial charge in [-0.3, -0.25) is 0 Å². The minimum Gasteiger partial charge on any atom is -0.389 e. The van der Waals surface area contributed by atoms with E-state index in [-0.39, 0.29) is 0 Å². The Morgan fingerprint density at radius 1 is 1.15 bits per heavy atom. The molecule has 2 aromatic rings. The van der Waals surface area contributed by atoms with Crippen molar-refractivity contribution < 1.29 is 9.84 Å². The van der Waals surface area contributed by atoms with E-state index in [4.69, 9.17) is 4.74 Å². The van der Waals surface area contributed by atoms with Crippen molar-refractivity contribution in [1.82, 2.24) is 25.3 Å². The minimum atomic E-state index is -0.434. The summed E-state index contributed by atoms with van der Waals surface area (Å²) in [6, 6.07) is 0.421. The molecule has 148 valence electrons. The van der Waals surface area contributed by atoms with Gasteiger partial charge < -0.3 is 25.0 Å². The number of H-pyrrole nitrogens is 1. The quantitative estimate of drug-likeness (QED) is 0.677. The van der Waals surface area contributed by atoms with Gasteiger partial charge in [0.1, 0.15) is 11.8 Å². The van der Waals surface area contributed by atoms with Crippen molar-refractivity contribution in [3.05, 3.63) is 12.7 Å². The van der Waals surface area contributed by atoms with Crippen molar-refractivity contribution >= 4 is 17.0 Å². The SMILES string of the molecule is O[C@@H](CNC1CCN(c2ncnc3nc[nH]c23)CC1)COC1CCCCC1. The highest BCUT2D eigenvalue weighted by Gasteiger charge is 2.23. The van der Waals surface area contributed by atoms with E-state index in [1.54, 1.807) is 12.7 Å². The van der Waals surface area contributed by atoms with Gasteiger partial charge in [0.05, 0.1) is 25.1 Å². The molecule has 1 aliphatic carbocycles. The zero-order chi connectivity index (χ0) is 18.5. The number of ether oxygens (including phenoxy) is 1. The molecule has 0 unspecified atom stereocenters. The van der Waals surface area contributed by atoms with Crippen molar-refractivity contribution in [3.8, 4) is 0 Å². The summed E-state index contributed by atoms with van der Waals surface area (Å²) >= 11 is 0. The molecule has 8 heteroatoms. The van der Waals surface area contributed by atoms with Crippen LogP contribution in [0.3, 0.4) is 0 Å². The summed E-state index contributed by atoms with van der Waals surface area (Å²) in [7, 11) is 0. The number of nitrogens with zero attached hydrogens (tertiary/aromatic N) is 4. The van der Waals surface area contributed by atoms with Crippen LogP contribution in [0.4, 0.5) is 5.82 Å². The monoisotopic (exact) mass is 374 g/mol. The lowest BCUT2D eigenvalue weighted by Gasteiger charge is -2.33. The fourth-order valence-corrected chi connectivity index (χ4v) is 4.13. The summed E-state index contributed by atoms with van der Waals surface area (Å²) in [6.45, 7) is 2.89. The van der Waals surface area contributed by atoms with Gasteiger partial charge in [-0.05, 0) is 25.7 Å². The highest BCUT2D eigenvalue weighted by atomic mass is 16.5. The maximum Gasteiger partial charge on any atom is 0.182 e. The van der Waals surface area contributed by atoms with Gasteiger partial charge in [0.2, 0.25) is 0 Å². The second-order valence-electron chi connectivity index (χ2n) is 7.72. The number of aromatic nitrogens is 4. The van der Waals surface area contributed by atoms with E-state index in [2.05, 4.69) is 30.2 Å². The number of hydrogen-bond acceptors (Lipinski definition) is 7. The van der Waals surface area contributed by atoms with E-state index < -0.39 is 6.10 Å². The number of aromatic amines is 1. The van der Waals surface area contributed by atoms with Gasteiger partial charge in [0.15, 0.2) is 11.5 Å². The molecule has 0 aromatic carbocycles. The van der Waals surface area contributed by atoms with Crippen molar-refractivity contribution in [3.63, 3.8) is 0 Å². The molecule has 2 aliphatic rings. The van der Waals surface area contributed by atoms with E-state index in [1.165, 1.54) is 19.3 Å².